The van der Waals surface area contributed by atoms with Gasteiger partial charge in [0.05, 0.1) is 21.8 Å². The summed E-state index contributed by atoms with van der Waals surface area (Å²) in [5, 5.41) is 15.4. The molecular formula is C23H25Cl2N5O2S. The van der Waals surface area contributed by atoms with Crippen molar-refractivity contribution in [3.05, 3.63) is 69.5 Å². The fraction of sp³-hybridized carbons (Fsp3) is 0.304. The summed E-state index contributed by atoms with van der Waals surface area (Å²) in [6.07, 6.45) is 0. The maximum atomic E-state index is 12.5. The predicted octanol–water partition coefficient (Wildman–Crippen LogP) is 5.47. The molecule has 3 rings (SSSR count). The molecule has 0 saturated carbocycles. The van der Waals surface area contributed by atoms with Crippen LogP contribution in [0.3, 0.4) is 0 Å². The van der Waals surface area contributed by atoms with Gasteiger partial charge in [-0.05, 0) is 48.7 Å². The summed E-state index contributed by atoms with van der Waals surface area (Å²) in [5.74, 6) is 0.744. The van der Waals surface area contributed by atoms with Gasteiger partial charge in [-0.15, -0.1) is 10.2 Å². The van der Waals surface area contributed by atoms with Gasteiger partial charge in [0, 0.05) is 18.3 Å². The highest BCUT2D eigenvalue weighted by molar-refractivity contribution is 7.99. The lowest BCUT2D eigenvalue weighted by Gasteiger charge is -2.14. The third-order valence-corrected chi connectivity index (χ3v) is 6.74. The number of halogens is 2. The quantitative estimate of drug-likeness (QED) is 0.396. The van der Waals surface area contributed by atoms with E-state index in [0.717, 1.165) is 5.69 Å². The van der Waals surface area contributed by atoms with Gasteiger partial charge in [0.25, 0.3) is 5.91 Å². The van der Waals surface area contributed by atoms with Gasteiger partial charge in [0.2, 0.25) is 5.91 Å². The minimum absolute atomic E-state index is 0.136. The number of rotatable bonds is 8. The highest BCUT2D eigenvalue weighted by Gasteiger charge is 2.19. The lowest BCUT2D eigenvalue weighted by atomic mass is 10.0. The van der Waals surface area contributed by atoms with Crippen molar-refractivity contribution >= 4 is 52.5 Å². The van der Waals surface area contributed by atoms with Crippen LogP contribution in [0.2, 0.25) is 10.0 Å². The molecule has 33 heavy (non-hydrogen) atoms. The van der Waals surface area contributed by atoms with Crippen LogP contribution in [-0.2, 0) is 11.8 Å². The number of hydrogen-bond acceptors (Lipinski definition) is 5. The lowest BCUT2D eigenvalue weighted by molar-refractivity contribution is -0.113. The first-order valence-corrected chi connectivity index (χ1v) is 12.1. The molecule has 0 spiro atoms. The van der Waals surface area contributed by atoms with Crippen molar-refractivity contribution < 1.29 is 9.59 Å². The summed E-state index contributed by atoms with van der Waals surface area (Å²) in [5.41, 5.74) is 2.36. The second kappa shape index (κ2) is 11.0. The fourth-order valence-electron chi connectivity index (χ4n) is 3.09. The Morgan fingerprint density at radius 3 is 2.36 bits per heavy atom. The normalized spacial score (nSPS) is 12.0. The molecule has 0 saturated heterocycles. The molecule has 0 aliphatic rings. The number of carbonyl (C=O) groups excluding carboxylic acids is 2. The average Bonchev–Trinajstić information content (AvgIpc) is 3.14. The Labute approximate surface area is 207 Å². The molecule has 2 amide bonds. The van der Waals surface area contributed by atoms with Crippen molar-refractivity contribution in [2.45, 2.75) is 37.9 Å². The number of nitrogens with zero attached hydrogens (tertiary/aromatic N) is 3. The van der Waals surface area contributed by atoms with Crippen LogP contribution in [0, 0.1) is 0 Å². The van der Waals surface area contributed by atoms with E-state index in [2.05, 4.69) is 34.7 Å². The number of nitrogens with one attached hydrogen (secondary N) is 2. The Morgan fingerprint density at radius 1 is 1.03 bits per heavy atom. The van der Waals surface area contributed by atoms with Crippen molar-refractivity contribution in [2.24, 2.45) is 7.05 Å². The molecule has 1 atom stereocenters. The van der Waals surface area contributed by atoms with E-state index in [1.54, 1.807) is 30.7 Å². The smallest absolute Gasteiger partial charge is 0.251 e. The van der Waals surface area contributed by atoms with Crippen LogP contribution in [0.1, 0.15) is 54.5 Å². The van der Waals surface area contributed by atoms with Crippen LogP contribution in [-0.4, -0.2) is 32.3 Å². The molecule has 0 aliphatic carbocycles. The number of amides is 2. The molecule has 1 aromatic heterocycles. The molecule has 0 unspecified atom stereocenters. The number of hydrogen-bond donors (Lipinski definition) is 2. The second-order valence-corrected chi connectivity index (χ2v) is 9.59. The SMILES string of the molecule is CC(C)c1ccc(NC(=O)CSc2nnc([C@@H](C)NC(=O)c3ccc(Cl)c(Cl)c3)n2C)cc1. The van der Waals surface area contributed by atoms with Crippen molar-refractivity contribution in [2.75, 3.05) is 11.1 Å². The molecule has 0 fully saturated rings. The number of anilines is 1. The lowest BCUT2D eigenvalue weighted by Crippen LogP contribution is -2.28. The number of benzene rings is 2. The molecule has 0 aliphatic heterocycles. The average molecular weight is 506 g/mol. The summed E-state index contributed by atoms with van der Waals surface area (Å²) in [7, 11) is 1.79. The van der Waals surface area contributed by atoms with Crippen molar-refractivity contribution in [3.63, 3.8) is 0 Å². The number of thioether (sulfide) groups is 1. The molecule has 2 aromatic carbocycles. The van der Waals surface area contributed by atoms with Crippen LogP contribution in [0.15, 0.2) is 47.6 Å². The Hall–Kier alpha value is -2.55. The van der Waals surface area contributed by atoms with Gasteiger partial charge in [-0.1, -0.05) is 60.9 Å². The van der Waals surface area contributed by atoms with Crippen LogP contribution >= 0.6 is 35.0 Å². The second-order valence-electron chi connectivity index (χ2n) is 7.84. The van der Waals surface area contributed by atoms with E-state index >= 15 is 0 Å². The first kappa shape index (κ1) is 25.1. The molecule has 2 N–H and O–H groups in total. The maximum Gasteiger partial charge on any atom is 0.251 e. The van der Waals surface area contributed by atoms with Gasteiger partial charge in [0.15, 0.2) is 11.0 Å². The van der Waals surface area contributed by atoms with E-state index in [1.807, 2.05) is 24.3 Å². The minimum Gasteiger partial charge on any atom is -0.342 e. The molecule has 0 radical (unpaired) electrons. The molecule has 7 nitrogen and oxygen atoms in total. The van der Waals surface area contributed by atoms with Gasteiger partial charge in [-0.25, -0.2) is 0 Å². The van der Waals surface area contributed by atoms with Gasteiger partial charge >= 0.3 is 0 Å². The van der Waals surface area contributed by atoms with Crippen LogP contribution < -0.4 is 10.6 Å². The molecular weight excluding hydrogens is 481 g/mol. The molecule has 1 heterocycles. The van der Waals surface area contributed by atoms with E-state index in [0.29, 0.717) is 32.5 Å². The Balaban J connectivity index is 1.56. The summed E-state index contributed by atoms with van der Waals surface area (Å²) >= 11 is 13.2. The topological polar surface area (TPSA) is 88.9 Å². The van der Waals surface area contributed by atoms with Crippen LogP contribution in [0.4, 0.5) is 5.69 Å². The molecule has 174 valence electrons. The molecule has 0 bridgehead atoms. The highest BCUT2D eigenvalue weighted by Crippen LogP contribution is 2.24. The highest BCUT2D eigenvalue weighted by atomic mass is 35.5. The number of carbonyl (C=O) groups is 2. The zero-order chi connectivity index (χ0) is 24.1. The fourth-order valence-corrected chi connectivity index (χ4v) is 4.11. The Bertz CT molecular complexity index is 1150. The monoisotopic (exact) mass is 505 g/mol. The van der Waals surface area contributed by atoms with E-state index in [9.17, 15) is 9.59 Å². The summed E-state index contributed by atoms with van der Waals surface area (Å²) < 4.78 is 1.76. The van der Waals surface area contributed by atoms with E-state index < -0.39 is 6.04 Å². The van der Waals surface area contributed by atoms with Crippen molar-refractivity contribution in [3.8, 4) is 0 Å². The molecule has 3 aromatic rings. The zero-order valence-corrected chi connectivity index (χ0v) is 21.1. The van der Waals surface area contributed by atoms with Gasteiger partial charge in [0.1, 0.15) is 0 Å². The van der Waals surface area contributed by atoms with Gasteiger partial charge in [-0.2, -0.15) is 0 Å². The van der Waals surface area contributed by atoms with Gasteiger partial charge < -0.3 is 15.2 Å². The van der Waals surface area contributed by atoms with Crippen molar-refractivity contribution in [1.82, 2.24) is 20.1 Å². The first-order valence-electron chi connectivity index (χ1n) is 10.3. The van der Waals surface area contributed by atoms with E-state index in [-0.39, 0.29) is 17.6 Å². The first-order chi connectivity index (χ1) is 15.7. The van der Waals surface area contributed by atoms with Crippen LogP contribution in [0.5, 0.6) is 0 Å². The largest absolute Gasteiger partial charge is 0.342 e. The van der Waals surface area contributed by atoms with Crippen LogP contribution in [0.25, 0.3) is 0 Å². The Kier molecular flexibility index (Phi) is 8.40. The third-order valence-electron chi connectivity index (χ3n) is 4.98. The Morgan fingerprint density at radius 2 is 1.73 bits per heavy atom. The van der Waals surface area contributed by atoms with E-state index in [1.165, 1.54) is 23.4 Å². The third kappa shape index (κ3) is 6.50. The number of aromatic nitrogens is 3. The standard InChI is InChI=1S/C23H25Cl2N5O2S/c1-13(2)15-5-8-17(9-6-15)27-20(31)12-33-23-29-28-21(30(23)4)14(3)26-22(32)16-7-10-18(24)19(25)11-16/h5-11,13-14H,12H2,1-4H3,(H,26,32)(H,27,31)/t14-/m1/s1. The summed E-state index contributed by atoms with van der Waals surface area (Å²) in [6, 6.07) is 12.1. The van der Waals surface area contributed by atoms with Crippen molar-refractivity contribution in [1.29, 1.82) is 0 Å². The summed E-state index contributed by atoms with van der Waals surface area (Å²) in [4.78, 5) is 24.9. The summed E-state index contributed by atoms with van der Waals surface area (Å²) in [6.45, 7) is 6.05. The zero-order valence-electron chi connectivity index (χ0n) is 18.7. The van der Waals surface area contributed by atoms with Gasteiger partial charge in [-0.3, -0.25) is 9.59 Å². The predicted molar refractivity (Wildman–Crippen MR) is 133 cm³/mol. The maximum absolute atomic E-state index is 12.5. The molecule has 10 heteroatoms. The minimum atomic E-state index is -0.410. The van der Waals surface area contributed by atoms with E-state index in [4.69, 9.17) is 23.2 Å².